The number of piperidine rings is 1. The van der Waals surface area contributed by atoms with E-state index in [1.807, 2.05) is 6.07 Å². The molecule has 0 aliphatic carbocycles. The highest BCUT2D eigenvalue weighted by molar-refractivity contribution is 5.92. The molecule has 0 aromatic heterocycles. The van der Waals surface area contributed by atoms with E-state index < -0.39 is 0 Å². The van der Waals surface area contributed by atoms with E-state index >= 15 is 0 Å². The Labute approximate surface area is 173 Å². The Kier molecular flexibility index (Phi) is 7.36. The van der Waals surface area contributed by atoms with Crippen molar-refractivity contribution in [2.45, 2.75) is 38.3 Å². The molecule has 0 saturated carbocycles. The summed E-state index contributed by atoms with van der Waals surface area (Å²) in [5.41, 5.74) is 1.94. The van der Waals surface area contributed by atoms with Gasteiger partial charge in [-0.05, 0) is 44.0 Å². The number of carbonyl (C=O) groups is 1. The van der Waals surface area contributed by atoms with Crippen LogP contribution in [-0.2, 0) is 4.79 Å². The Morgan fingerprint density at radius 2 is 1.83 bits per heavy atom. The fourth-order valence-corrected chi connectivity index (χ4v) is 3.79. The van der Waals surface area contributed by atoms with Gasteiger partial charge in [-0.1, -0.05) is 18.2 Å². The van der Waals surface area contributed by atoms with Crippen LogP contribution in [0.5, 0.6) is 11.5 Å². The van der Waals surface area contributed by atoms with Crippen LogP contribution in [0.25, 0.3) is 0 Å². The maximum Gasteiger partial charge on any atom is 0.226 e. The van der Waals surface area contributed by atoms with E-state index in [-0.39, 0.29) is 11.9 Å². The summed E-state index contributed by atoms with van der Waals surface area (Å²) < 4.78 is 10.5. The second-order valence-electron chi connectivity index (χ2n) is 7.48. The maximum absolute atomic E-state index is 12.5. The highest BCUT2D eigenvalue weighted by atomic mass is 16.5. The lowest BCUT2D eigenvalue weighted by atomic mass is 10.0. The van der Waals surface area contributed by atoms with Gasteiger partial charge in [-0.15, -0.1) is 0 Å². The number of nitrogens with zero attached hydrogens (tertiary/aromatic N) is 1. The van der Waals surface area contributed by atoms with Crippen molar-refractivity contribution in [3.05, 3.63) is 48.5 Å². The molecule has 1 amide bonds. The molecule has 6 heteroatoms. The number of ether oxygens (including phenoxy) is 2. The van der Waals surface area contributed by atoms with Crippen molar-refractivity contribution in [3.8, 4) is 11.5 Å². The Balaban J connectivity index is 1.45. The summed E-state index contributed by atoms with van der Waals surface area (Å²) in [6, 6.07) is 16.4. The van der Waals surface area contributed by atoms with Crippen molar-refractivity contribution in [2.75, 3.05) is 37.5 Å². The maximum atomic E-state index is 12.5. The summed E-state index contributed by atoms with van der Waals surface area (Å²) >= 11 is 0. The Bertz CT molecular complexity index is 789. The van der Waals surface area contributed by atoms with Gasteiger partial charge in [0.1, 0.15) is 11.5 Å². The molecule has 1 unspecified atom stereocenters. The fourth-order valence-electron chi connectivity index (χ4n) is 3.79. The van der Waals surface area contributed by atoms with Gasteiger partial charge in [0.15, 0.2) is 0 Å². The van der Waals surface area contributed by atoms with E-state index in [2.05, 4.69) is 46.7 Å². The zero-order valence-electron chi connectivity index (χ0n) is 17.5. The monoisotopic (exact) mass is 397 g/mol. The van der Waals surface area contributed by atoms with Crippen LogP contribution in [0.2, 0.25) is 0 Å². The average molecular weight is 398 g/mol. The Hall–Kier alpha value is -2.73. The van der Waals surface area contributed by atoms with Gasteiger partial charge in [0, 0.05) is 43.3 Å². The first kappa shape index (κ1) is 21.0. The summed E-state index contributed by atoms with van der Waals surface area (Å²) in [5.74, 6) is 1.25. The second-order valence-corrected chi connectivity index (χ2v) is 7.48. The summed E-state index contributed by atoms with van der Waals surface area (Å²) in [4.78, 5) is 14.9. The van der Waals surface area contributed by atoms with Crippen LogP contribution in [0.15, 0.2) is 48.5 Å². The van der Waals surface area contributed by atoms with Gasteiger partial charge in [0.25, 0.3) is 0 Å². The number of anilines is 2. The average Bonchev–Trinajstić information content (AvgIpc) is 2.75. The summed E-state index contributed by atoms with van der Waals surface area (Å²) in [5, 5.41) is 6.56. The van der Waals surface area contributed by atoms with E-state index in [1.165, 1.54) is 5.69 Å². The largest absolute Gasteiger partial charge is 0.497 e. The molecule has 1 aliphatic heterocycles. The summed E-state index contributed by atoms with van der Waals surface area (Å²) in [6.07, 6.45) is 2.56. The highest BCUT2D eigenvalue weighted by Gasteiger charge is 2.21. The van der Waals surface area contributed by atoms with Crippen molar-refractivity contribution in [1.82, 2.24) is 5.32 Å². The Morgan fingerprint density at radius 3 is 2.48 bits per heavy atom. The number of amides is 1. The normalized spacial score (nSPS) is 15.6. The molecule has 29 heavy (non-hydrogen) atoms. The predicted molar refractivity (Wildman–Crippen MR) is 117 cm³/mol. The fraction of sp³-hybridized carbons (Fsp3) is 0.435. The van der Waals surface area contributed by atoms with Crippen molar-refractivity contribution in [1.29, 1.82) is 0 Å². The van der Waals surface area contributed by atoms with Crippen LogP contribution in [-0.4, -0.2) is 45.3 Å². The molecule has 6 nitrogen and oxygen atoms in total. The van der Waals surface area contributed by atoms with Gasteiger partial charge >= 0.3 is 0 Å². The van der Waals surface area contributed by atoms with E-state index in [0.29, 0.717) is 29.6 Å². The van der Waals surface area contributed by atoms with E-state index in [9.17, 15) is 4.79 Å². The molecule has 1 heterocycles. The van der Waals surface area contributed by atoms with Gasteiger partial charge in [0.2, 0.25) is 5.91 Å². The zero-order chi connectivity index (χ0) is 20.6. The summed E-state index contributed by atoms with van der Waals surface area (Å²) in [6.45, 7) is 4.13. The number of carbonyl (C=O) groups excluding carboxylic acids is 1. The van der Waals surface area contributed by atoms with E-state index in [4.69, 9.17) is 9.47 Å². The lowest BCUT2D eigenvalue weighted by Crippen LogP contribution is -2.46. The van der Waals surface area contributed by atoms with Gasteiger partial charge < -0.3 is 25.0 Å². The molecule has 1 aliphatic rings. The number of rotatable bonds is 8. The molecule has 2 aromatic rings. The minimum Gasteiger partial charge on any atom is -0.497 e. The quantitative estimate of drug-likeness (QED) is 0.712. The Morgan fingerprint density at radius 1 is 1.10 bits per heavy atom. The molecule has 1 saturated heterocycles. The number of methoxy groups -OCH3 is 2. The molecule has 0 bridgehead atoms. The van der Waals surface area contributed by atoms with Crippen LogP contribution in [0.3, 0.4) is 0 Å². The number of benzene rings is 2. The molecular formula is C23H31N3O3. The standard InChI is InChI=1S/C23H31N3O3/c1-17(15-23(27)25-21-10-9-20(28-2)16-22(21)29-3)24-18-11-13-26(14-12-18)19-7-5-4-6-8-19/h4-10,16-18,24H,11-15H2,1-3H3,(H,25,27). The smallest absolute Gasteiger partial charge is 0.226 e. The zero-order valence-corrected chi connectivity index (χ0v) is 17.5. The third-order valence-electron chi connectivity index (χ3n) is 5.31. The first-order valence-electron chi connectivity index (χ1n) is 10.2. The summed E-state index contributed by atoms with van der Waals surface area (Å²) in [7, 11) is 3.18. The van der Waals surface area contributed by atoms with Crippen molar-refractivity contribution < 1.29 is 14.3 Å². The highest BCUT2D eigenvalue weighted by Crippen LogP contribution is 2.29. The minimum atomic E-state index is -0.0322. The van der Waals surface area contributed by atoms with Crippen LogP contribution < -0.4 is 25.0 Å². The van der Waals surface area contributed by atoms with Gasteiger partial charge in [-0.2, -0.15) is 0 Å². The van der Waals surface area contributed by atoms with Gasteiger partial charge in [-0.25, -0.2) is 0 Å². The second kappa shape index (κ2) is 10.2. The molecule has 156 valence electrons. The molecule has 1 atom stereocenters. The lowest BCUT2D eigenvalue weighted by Gasteiger charge is -2.35. The molecule has 2 aromatic carbocycles. The van der Waals surface area contributed by atoms with Crippen molar-refractivity contribution in [2.24, 2.45) is 0 Å². The van der Waals surface area contributed by atoms with E-state index in [1.54, 1.807) is 32.4 Å². The van der Waals surface area contributed by atoms with Crippen LogP contribution in [0.4, 0.5) is 11.4 Å². The third kappa shape index (κ3) is 5.87. The number of para-hydroxylation sites is 1. The molecule has 0 radical (unpaired) electrons. The molecule has 0 spiro atoms. The third-order valence-corrected chi connectivity index (χ3v) is 5.31. The minimum absolute atomic E-state index is 0.0322. The van der Waals surface area contributed by atoms with E-state index in [0.717, 1.165) is 25.9 Å². The topological polar surface area (TPSA) is 62.8 Å². The molecular weight excluding hydrogens is 366 g/mol. The van der Waals surface area contributed by atoms with Gasteiger partial charge in [0.05, 0.1) is 19.9 Å². The number of nitrogens with one attached hydrogen (secondary N) is 2. The molecule has 1 fully saturated rings. The van der Waals surface area contributed by atoms with Crippen LogP contribution in [0, 0.1) is 0 Å². The molecule has 3 rings (SSSR count). The van der Waals surface area contributed by atoms with Gasteiger partial charge in [-0.3, -0.25) is 4.79 Å². The lowest BCUT2D eigenvalue weighted by molar-refractivity contribution is -0.116. The first-order valence-corrected chi connectivity index (χ1v) is 10.2. The number of hydrogen-bond donors (Lipinski definition) is 2. The SMILES string of the molecule is COc1ccc(NC(=O)CC(C)NC2CCN(c3ccccc3)CC2)c(OC)c1. The first-order chi connectivity index (χ1) is 14.1. The van der Waals surface area contributed by atoms with Crippen molar-refractivity contribution >= 4 is 17.3 Å². The van der Waals surface area contributed by atoms with Crippen LogP contribution >= 0.6 is 0 Å². The number of hydrogen-bond acceptors (Lipinski definition) is 5. The molecule has 2 N–H and O–H groups in total. The van der Waals surface area contributed by atoms with Crippen molar-refractivity contribution in [3.63, 3.8) is 0 Å². The van der Waals surface area contributed by atoms with Crippen LogP contribution in [0.1, 0.15) is 26.2 Å². The predicted octanol–water partition coefficient (Wildman–Crippen LogP) is 3.68.